The zero-order chi connectivity index (χ0) is 60.0. The standard InChI is InChI=1S/C48H31NO/c1-2-12-37-31-38(20-19-32(37)9-1)33-21-26-39(27-22-33)49(40-28-23-36(24-29-40)42-16-7-13-34-10-3-5-14-41(34)42)45-17-8-18-46-47(45)44-30-25-35-11-4-6-15-43(35)48(44)50-46/h1-31H/i1D,2D,3D,4D,5D,6D,7D,8D,9D,10D,11D,12D,13D,14D,15D,16D,17D,18D,19D,20D,21D,22D,23D,24D,25D,26D,27D,28D,29D,30D,31D. The Morgan fingerprint density at radius 2 is 0.980 bits per heavy atom. The van der Waals surface area contributed by atoms with Crippen LogP contribution in [-0.4, -0.2) is 0 Å². The summed E-state index contributed by atoms with van der Waals surface area (Å²) in [5.74, 6) is 0. The Bertz CT molecular complexity index is 4600. The molecule has 0 atom stereocenters. The predicted octanol–water partition coefficient (Wildman–Crippen LogP) is 13.8. The fourth-order valence-corrected chi connectivity index (χ4v) is 5.45. The first-order valence-corrected chi connectivity index (χ1v) is 14.6. The van der Waals surface area contributed by atoms with Crippen LogP contribution in [0.4, 0.5) is 17.1 Å². The first-order valence-electron chi connectivity index (χ1n) is 30.1. The van der Waals surface area contributed by atoms with Gasteiger partial charge < -0.3 is 9.32 Å². The second-order valence-electron chi connectivity index (χ2n) is 10.5. The van der Waals surface area contributed by atoms with Crippen molar-refractivity contribution < 1.29 is 46.9 Å². The molecular weight excluding hydrogens is 607 g/mol. The van der Waals surface area contributed by atoms with Crippen LogP contribution in [0.15, 0.2) is 192 Å². The van der Waals surface area contributed by atoms with Gasteiger partial charge in [-0.25, -0.2) is 0 Å². The minimum absolute atomic E-state index is 0.393. The number of rotatable bonds is 5. The zero-order valence-electron chi connectivity index (χ0n) is 55.9. The number of hydrogen-bond donors (Lipinski definition) is 0. The van der Waals surface area contributed by atoms with Gasteiger partial charge in [-0.1, -0.05) is 139 Å². The summed E-state index contributed by atoms with van der Waals surface area (Å²) in [6, 6.07) is -31.2. The van der Waals surface area contributed by atoms with Gasteiger partial charge in [0.15, 0.2) is 0 Å². The van der Waals surface area contributed by atoms with E-state index >= 15 is 0 Å². The van der Waals surface area contributed by atoms with Crippen molar-refractivity contribution in [1.82, 2.24) is 0 Å². The van der Waals surface area contributed by atoms with Crippen molar-refractivity contribution >= 4 is 71.3 Å². The van der Waals surface area contributed by atoms with Crippen molar-refractivity contribution in [3.8, 4) is 22.3 Å². The summed E-state index contributed by atoms with van der Waals surface area (Å²) in [7, 11) is 0. The van der Waals surface area contributed by atoms with Crippen LogP contribution in [0, 0.1) is 0 Å². The van der Waals surface area contributed by atoms with Crippen molar-refractivity contribution in [2.75, 3.05) is 4.90 Å². The highest BCUT2D eigenvalue weighted by Gasteiger charge is 2.20. The van der Waals surface area contributed by atoms with E-state index < -0.39 is 281 Å². The predicted molar refractivity (Wildman–Crippen MR) is 212 cm³/mol. The molecule has 0 radical (unpaired) electrons. The molecule has 0 saturated heterocycles. The van der Waals surface area contributed by atoms with Gasteiger partial charge in [-0.05, 0) is 97.5 Å². The van der Waals surface area contributed by atoms with Gasteiger partial charge >= 0.3 is 0 Å². The van der Waals surface area contributed by atoms with E-state index in [1.165, 1.54) is 0 Å². The van der Waals surface area contributed by atoms with Gasteiger partial charge in [0.05, 0.1) is 53.6 Å². The van der Waals surface area contributed by atoms with Gasteiger partial charge in [-0.3, -0.25) is 0 Å². The van der Waals surface area contributed by atoms with E-state index in [4.69, 9.17) is 31.8 Å². The van der Waals surface area contributed by atoms with E-state index in [0.29, 0.717) is 4.90 Å². The van der Waals surface area contributed by atoms with Crippen LogP contribution in [0.1, 0.15) is 42.5 Å². The first-order chi connectivity index (χ1) is 37.7. The van der Waals surface area contributed by atoms with Crippen LogP contribution in [0.2, 0.25) is 0 Å². The van der Waals surface area contributed by atoms with Crippen molar-refractivity contribution in [3.63, 3.8) is 0 Å². The van der Waals surface area contributed by atoms with E-state index in [9.17, 15) is 15.1 Å². The molecule has 0 bridgehead atoms. The molecule has 10 rings (SSSR count). The number of hydrogen-bond acceptors (Lipinski definition) is 2. The summed E-state index contributed by atoms with van der Waals surface area (Å²) >= 11 is 0. The maximum atomic E-state index is 9.73. The smallest absolute Gasteiger partial charge is 0.143 e. The summed E-state index contributed by atoms with van der Waals surface area (Å²) in [5.41, 5.74) is -8.34. The van der Waals surface area contributed by atoms with Crippen LogP contribution in [-0.2, 0) is 0 Å². The Balaban J connectivity index is 1.43. The molecule has 0 saturated carbocycles. The van der Waals surface area contributed by atoms with Gasteiger partial charge in [0.2, 0.25) is 0 Å². The molecule has 1 aromatic heterocycles. The molecule has 234 valence electrons. The molecule has 0 spiro atoms. The molecule has 1 heterocycles. The zero-order valence-corrected chi connectivity index (χ0v) is 24.9. The van der Waals surface area contributed by atoms with Gasteiger partial charge in [-0.2, -0.15) is 0 Å². The van der Waals surface area contributed by atoms with Crippen molar-refractivity contribution in [2.45, 2.75) is 0 Å². The van der Waals surface area contributed by atoms with Crippen molar-refractivity contribution in [1.29, 1.82) is 0 Å². The summed E-state index contributed by atoms with van der Waals surface area (Å²) in [6.45, 7) is 0. The lowest BCUT2D eigenvalue weighted by atomic mass is 9.98. The fourth-order valence-electron chi connectivity index (χ4n) is 5.45. The molecule has 2 heteroatoms. The quantitative estimate of drug-likeness (QED) is 0.181. The Morgan fingerprint density at radius 1 is 0.400 bits per heavy atom. The Morgan fingerprint density at radius 3 is 1.76 bits per heavy atom. The SMILES string of the molecule is [2H]c1c([2H])c(N(c2c([2H])c([2H])c(-c3c([2H])c([2H])c([2H])c4c([2H])c([2H])c([2H])c([2H])c34)c([2H])c2[2H])c2c([2H])c([2H])c([2H])c3oc4c5c([2H])c([2H])c([2H])c([2H])c5c([2H])c([2H])c4c23)c([2H])c([2H])c1-c1c([2H])c([2H])c2c([2H])c([2H])c([2H])c([2H])c2c1[2H]. The largest absolute Gasteiger partial charge is 0.455 e. The van der Waals surface area contributed by atoms with Gasteiger partial charge in [0.1, 0.15) is 11.2 Å². The van der Waals surface area contributed by atoms with E-state index in [1.54, 1.807) is 0 Å². The average molecular weight is 669 g/mol. The maximum absolute atomic E-state index is 9.73. The average Bonchev–Trinajstić information content (AvgIpc) is 4.11. The molecule has 0 fully saturated rings. The lowest BCUT2D eigenvalue weighted by Gasteiger charge is -2.26. The Hall–Kier alpha value is -6.64. The van der Waals surface area contributed by atoms with E-state index in [0.717, 1.165) is 0 Å². The van der Waals surface area contributed by atoms with Crippen LogP contribution < -0.4 is 4.90 Å². The second-order valence-corrected chi connectivity index (χ2v) is 10.5. The Labute approximate surface area is 333 Å². The molecule has 9 aromatic carbocycles. The third-order valence-electron chi connectivity index (χ3n) is 7.69. The van der Waals surface area contributed by atoms with Gasteiger partial charge in [0, 0.05) is 22.1 Å². The summed E-state index contributed by atoms with van der Waals surface area (Å²) in [5, 5.41) is -5.10. The number of furan rings is 1. The third kappa shape index (κ3) is 4.65. The second kappa shape index (κ2) is 11.5. The molecule has 0 N–H and O–H groups in total. The maximum Gasteiger partial charge on any atom is 0.143 e. The fraction of sp³-hybridized carbons (Fsp3) is 0. The highest BCUT2D eigenvalue weighted by atomic mass is 16.3. The van der Waals surface area contributed by atoms with Crippen molar-refractivity contribution in [2.24, 2.45) is 0 Å². The lowest BCUT2D eigenvalue weighted by Crippen LogP contribution is -2.10. The number of benzene rings is 9. The number of nitrogens with zero attached hydrogens (tertiary/aromatic N) is 1. The molecule has 0 unspecified atom stereocenters. The molecule has 10 aromatic rings. The first kappa shape index (κ1) is 11.2. The minimum atomic E-state index is -1.29. The molecule has 2 nitrogen and oxygen atoms in total. The molecule has 0 aliphatic carbocycles. The normalized spacial score (nSPS) is 20.3. The molecule has 50 heavy (non-hydrogen) atoms. The van der Waals surface area contributed by atoms with Crippen LogP contribution in [0.3, 0.4) is 0 Å². The van der Waals surface area contributed by atoms with Gasteiger partial charge in [-0.15, -0.1) is 0 Å². The highest BCUT2D eigenvalue weighted by molar-refractivity contribution is 6.19. The summed E-state index contributed by atoms with van der Waals surface area (Å²) in [6.07, 6.45) is 0. The third-order valence-corrected chi connectivity index (χ3v) is 7.69. The minimum Gasteiger partial charge on any atom is -0.455 e. The topological polar surface area (TPSA) is 16.4 Å². The van der Waals surface area contributed by atoms with E-state index in [1.807, 2.05) is 0 Å². The summed E-state index contributed by atoms with van der Waals surface area (Å²) < 4.78 is 285. The Kier molecular flexibility index (Phi) is 2.58. The lowest BCUT2D eigenvalue weighted by molar-refractivity contribution is 0.672. The van der Waals surface area contributed by atoms with Gasteiger partial charge in [0.25, 0.3) is 0 Å². The van der Waals surface area contributed by atoms with E-state index in [-0.39, 0.29) is 0 Å². The molecule has 0 aliphatic heterocycles. The monoisotopic (exact) mass is 668 g/mol. The van der Waals surface area contributed by atoms with Crippen LogP contribution in [0.25, 0.3) is 76.5 Å². The number of fused-ring (bicyclic) bond motifs is 7. The highest BCUT2D eigenvalue weighted by Crippen LogP contribution is 2.45. The van der Waals surface area contributed by atoms with Crippen LogP contribution >= 0.6 is 0 Å². The van der Waals surface area contributed by atoms with E-state index in [2.05, 4.69) is 0 Å². The van der Waals surface area contributed by atoms with Crippen molar-refractivity contribution in [3.05, 3.63) is 187 Å². The molecule has 0 amide bonds. The molecule has 0 aliphatic rings. The number of anilines is 3. The summed E-state index contributed by atoms with van der Waals surface area (Å²) in [4.78, 5) is 0.393. The van der Waals surface area contributed by atoms with Crippen LogP contribution in [0.5, 0.6) is 0 Å². The molecular formula is C48H31NO.